The van der Waals surface area contributed by atoms with Gasteiger partial charge in [-0.05, 0) is 158 Å². The number of unbranched alkanes of at least 4 members (excludes halogenated alkanes) is 8. The summed E-state index contributed by atoms with van der Waals surface area (Å²) < 4.78 is 17.4. The lowest BCUT2D eigenvalue weighted by atomic mass is 9.85. The van der Waals surface area contributed by atoms with Gasteiger partial charge in [0.2, 0.25) is 0 Å². The van der Waals surface area contributed by atoms with Gasteiger partial charge in [-0.3, -0.25) is 14.4 Å². The van der Waals surface area contributed by atoms with Crippen LogP contribution in [0.5, 0.6) is 0 Å². The fourth-order valence-electron chi connectivity index (χ4n) is 8.53. The van der Waals surface area contributed by atoms with Crippen molar-refractivity contribution in [2.45, 2.75) is 235 Å². The average molecular weight is 806 g/mol. The molecule has 1 aliphatic rings. The summed E-state index contributed by atoms with van der Waals surface area (Å²) in [6, 6.07) is 0. The van der Waals surface area contributed by atoms with Crippen molar-refractivity contribution < 1.29 is 28.6 Å². The molecule has 0 aromatic rings. The van der Waals surface area contributed by atoms with Crippen molar-refractivity contribution in [3.63, 3.8) is 0 Å². The Bertz CT molecular complexity index is 945. The Morgan fingerprint density at radius 1 is 0.491 bits per heavy atom. The molecule has 1 saturated heterocycles. The zero-order chi connectivity index (χ0) is 42.3. The predicted molar refractivity (Wildman–Crippen MR) is 239 cm³/mol. The molecule has 7 heteroatoms. The summed E-state index contributed by atoms with van der Waals surface area (Å²) in [5.41, 5.74) is -0.439. The molecule has 0 bridgehead atoms. The van der Waals surface area contributed by atoms with E-state index in [9.17, 15) is 14.4 Å². The quantitative estimate of drug-likeness (QED) is 0.0351. The van der Waals surface area contributed by atoms with Crippen molar-refractivity contribution in [1.29, 1.82) is 0 Å². The van der Waals surface area contributed by atoms with Gasteiger partial charge < -0.3 is 19.1 Å². The maximum Gasteiger partial charge on any atom is 0.306 e. The number of carbonyl (C=O) groups excluding carboxylic acids is 3. The molecule has 7 nitrogen and oxygen atoms in total. The topological polar surface area (TPSA) is 82.1 Å². The highest BCUT2D eigenvalue weighted by Gasteiger charge is 2.28. The lowest BCUT2D eigenvalue weighted by molar-refractivity contribution is -0.160. The largest absolute Gasteiger partial charge is 0.466 e. The molecular weight excluding hydrogens is 711 g/mol. The first kappa shape index (κ1) is 53.4. The molecule has 1 rings (SSSR count). The van der Waals surface area contributed by atoms with Crippen LogP contribution in [0.15, 0.2) is 0 Å². The van der Waals surface area contributed by atoms with Crippen molar-refractivity contribution in [3.05, 3.63) is 0 Å². The fraction of sp³-hybridized carbons (Fsp3) is 0.940. The van der Waals surface area contributed by atoms with Gasteiger partial charge >= 0.3 is 17.9 Å². The molecule has 0 aliphatic carbocycles. The van der Waals surface area contributed by atoms with Crippen LogP contribution in [-0.2, 0) is 28.6 Å². The van der Waals surface area contributed by atoms with Crippen molar-refractivity contribution in [2.75, 3.05) is 32.8 Å². The molecule has 0 amide bonds. The lowest BCUT2D eigenvalue weighted by Gasteiger charge is -2.30. The first-order chi connectivity index (χ1) is 27.2. The number of hydrogen-bond acceptors (Lipinski definition) is 7. The molecular formula is C50H95NO6. The van der Waals surface area contributed by atoms with E-state index in [0.29, 0.717) is 56.1 Å². The normalized spacial score (nSPS) is 15.7. The van der Waals surface area contributed by atoms with Crippen molar-refractivity contribution >= 4 is 17.9 Å². The number of carbonyl (C=O) groups is 3. The van der Waals surface area contributed by atoms with E-state index in [-0.39, 0.29) is 17.9 Å². The van der Waals surface area contributed by atoms with Crippen LogP contribution in [0.2, 0.25) is 0 Å². The van der Waals surface area contributed by atoms with Crippen LogP contribution in [0.1, 0.15) is 229 Å². The molecule has 2 atom stereocenters. The minimum absolute atomic E-state index is 0.0551. The minimum Gasteiger partial charge on any atom is -0.466 e. The third-order valence-electron chi connectivity index (χ3n) is 12.7. The highest BCUT2D eigenvalue weighted by atomic mass is 16.6. The van der Waals surface area contributed by atoms with Gasteiger partial charge in [0.1, 0.15) is 5.60 Å². The Hall–Kier alpha value is -1.63. The van der Waals surface area contributed by atoms with Gasteiger partial charge in [0.05, 0.1) is 13.2 Å². The van der Waals surface area contributed by atoms with E-state index in [1.54, 1.807) is 0 Å². The van der Waals surface area contributed by atoms with E-state index in [1.807, 2.05) is 0 Å². The Morgan fingerprint density at radius 3 is 1.32 bits per heavy atom. The summed E-state index contributed by atoms with van der Waals surface area (Å²) >= 11 is 0. The van der Waals surface area contributed by atoms with Crippen molar-refractivity contribution in [2.24, 2.45) is 35.5 Å². The Labute approximate surface area is 353 Å². The van der Waals surface area contributed by atoms with Crippen molar-refractivity contribution in [3.8, 4) is 0 Å². The average Bonchev–Trinajstić information content (AvgIpc) is 3.66. The summed E-state index contributed by atoms with van der Waals surface area (Å²) in [6.07, 6.45) is 26.1. The second-order valence-electron chi connectivity index (χ2n) is 19.8. The summed E-state index contributed by atoms with van der Waals surface area (Å²) in [6.45, 7) is 24.9. The maximum atomic E-state index is 13.0. The van der Waals surface area contributed by atoms with E-state index in [2.05, 4.69) is 67.2 Å². The molecule has 1 fully saturated rings. The first-order valence-electron chi connectivity index (χ1n) is 24.5. The van der Waals surface area contributed by atoms with E-state index < -0.39 is 5.60 Å². The maximum absolute atomic E-state index is 13.0. The lowest BCUT2D eigenvalue weighted by Crippen LogP contribution is -2.32. The fourth-order valence-corrected chi connectivity index (χ4v) is 8.53. The number of likely N-dealkylation sites (tertiary alicyclic amines) is 1. The van der Waals surface area contributed by atoms with Crippen LogP contribution in [0.25, 0.3) is 0 Å². The zero-order valence-electron chi connectivity index (χ0n) is 39.3. The molecule has 0 aromatic carbocycles. The van der Waals surface area contributed by atoms with Gasteiger partial charge in [-0.2, -0.15) is 0 Å². The molecule has 0 saturated carbocycles. The van der Waals surface area contributed by atoms with E-state index in [4.69, 9.17) is 14.2 Å². The molecule has 0 aromatic heterocycles. The Kier molecular flexibility index (Phi) is 31.0. The molecule has 1 aliphatic heterocycles. The van der Waals surface area contributed by atoms with Gasteiger partial charge in [0.15, 0.2) is 0 Å². The van der Waals surface area contributed by atoms with Gasteiger partial charge in [0.25, 0.3) is 0 Å². The monoisotopic (exact) mass is 806 g/mol. The minimum atomic E-state index is -0.439. The number of esters is 3. The number of nitrogens with zero attached hydrogens (tertiary/aromatic N) is 1. The van der Waals surface area contributed by atoms with Gasteiger partial charge in [-0.25, -0.2) is 0 Å². The summed E-state index contributed by atoms with van der Waals surface area (Å²) in [5.74, 6) is 4.10. The summed E-state index contributed by atoms with van der Waals surface area (Å²) in [5, 5.41) is 0. The second-order valence-corrected chi connectivity index (χ2v) is 19.8. The third-order valence-corrected chi connectivity index (χ3v) is 12.7. The molecule has 0 N–H and O–H groups in total. The van der Waals surface area contributed by atoms with Crippen LogP contribution in [0, 0.1) is 35.5 Å². The molecule has 2 unspecified atom stereocenters. The third kappa shape index (κ3) is 30.1. The van der Waals surface area contributed by atoms with Crippen LogP contribution < -0.4 is 0 Å². The zero-order valence-corrected chi connectivity index (χ0v) is 39.3. The van der Waals surface area contributed by atoms with E-state index >= 15 is 0 Å². The van der Waals surface area contributed by atoms with Crippen LogP contribution in [-0.4, -0.2) is 61.3 Å². The highest BCUT2D eigenvalue weighted by molar-refractivity contribution is 5.70. The molecule has 0 spiro atoms. The second kappa shape index (κ2) is 33.1. The standard InChI is InChI=1S/C50H95NO6/c1-41(2)30-32-45(43(5)6)25-23-39-55-47(52)27-16-12-10-14-18-34-50(9,57-49(54)29-22-38-51-36-20-21-37-51)35-19-15-11-13-17-28-48(53)56-40-24-26-46(44(7)8)33-31-42(3)4/h41-46H,10-40H2,1-9H3. The van der Waals surface area contributed by atoms with Crippen LogP contribution >= 0.6 is 0 Å². The number of rotatable bonds is 37. The van der Waals surface area contributed by atoms with Crippen LogP contribution in [0.4, 0.5) is 0 Å². The first-order valence-corrected chi connectivity index (χ1v) is 24.5. The van der Waals surface area contributed by atoms with Crippen LogP contribution in [0.3, 0.4) is 0 Å². The van der Waals surface area contributed by atoms with Gasteiger partial charge in [-0.1, -0.05) is 107 Å². The number of ether oxygens (including phenoxy) is 3. The molecule has 57 heavy (non-hydrogen) atoms. The highest BCUT2D eigenvalue weighted by Crippen LogP contribution is 2.29. The Balaban J connectivity index is 2.33. The smallest absolute Gasteiger partial charge is 0.306 e. The van der Waals surface area contributed by atoms with Gasteiger partial charge in [0, 0.05) is 19.3 Å². The molecule has 1 heterocycles. The molecule has 0 radical (unpaired) electrons. The summed E-state index contributed by atoms with van der Waals surface area (Å²) in [7, 11) is 0. The number of hydrogen-bond donors (Lipinski definition) is 0. The van der Waals surface area contributed by atoms with E-state index in [1.165, 1.54) is 38.5 Å². The van der Waals surface area contributed by atoms with E-state index in [0.717, 1.165) is 141 Å². The Morgan fingerprint density at radius 2 is 0.895 bits per heavy atom. The predicted octanol–water partition coefficient (Wildman–Crippen LogP) is 13.7. The SMILES string of the molecule is CC(C)CCC(CCCOC(=O)CCCCCCCC(C)(CCCCCCCC(=O)OCCCC(CCC(C)C)C(C)C)OC(=O)CCCN1CCCC1)C(C)C. The van der Waals surface area contributed by atoms with Crippen molar-refractivity contribution in [1.82, 2.24) is 4.90 Å². The van der Waals surface area contributed by atoms with Gasteiger partial charge in [-0.15, -0.1) is 0 Å². The molecule has 336 valence electrons. The summed E-state index contributed by atoms with van der Waals surface area (Å²) in [4.78, 5) is 40.2.